The van der Waals surface area contributed by atoms with Crippen molar-refractivity contribution in [3.8, 4) is 5.75 Å². The van der Waals surface area contributed by atoms with Crippen LogP contribution < -0.4 is 9.54 Å². The van der Waals surface area contributed by atoms with E-state index in [1.807, 2.05) is 44.2 Å². The van der Waals surface area contributed by atoms with Gasteiger partial charge in [0.25, 0.3) is 0 Å². The second-order valence-electron chi connectivity index (χ2n) is 6.73. The van der Waals surface area contributed by atoms with Gasteiger partial charge in [0.05, 0.1) is 24.4 Å². The minimum Gasteiger partial charge on any atom is -0.497 e. The number of thioether (sulfide) groups is 1. The number of hydrogen-bond donors (Lipinski definition) is 0. The first-order valence-electron chi connectivity index (χ1n) is 9.43. The first kappa shape index (κ1) is 22.1. The van der Waals surface area contributed by atoms with E-state index in [9.17, 15) is 9.59 Å². The molecule has 0 N–H and O–H groups in total. The fourth-order valence-corrected chi connectivity index (χ4v) is 4.81. The highest BCUT2D eigenvalue weighted by Crippen LogP contribution is 2.23. The smallest absolute Gasteiger partial charge is 0.325 e. The average Bonchev–Trinajstić information content (AvgIpc) is 3.04. The van der Waals surface area contributed by atoms with Crippen LogP contribution in [0, 0.1) is 13.8 Å². The lowest BCUT2D eigenvalue weighted by Gasteiger charge is -2.05. The summed E-state index contributed by atoms with van der Waals surface area (Å²) in [5.74, 6) is 0.830. The number of aromatic nitrogens is 1. The van der Waals surface area contributed by atoms with E-state index in [0.717, 1.165) is 32.0 Å². The maximum atomic E-state index is 12.5. The van der Waals surface area contributed by atoms with Gasteiger partial charge in [-0.2, -0.15) is 4.99 Å². The lowest BCUT2D eigenvalue weighted by molar-refractivity contribution is -0.141. The minimum absolute atomic E-state index is 0.0196. The number of rotatable bonds is 7. The van der Waals surface area contributed by atoms with E-state index in [1.54, 1.807) is 23.4 Å². The van der Waals surface area contributed by atoms with Gasteiger partial charge in [-0.25, -0.2) is 0 Å². The van der Waals surface area contributed by atoms with E-state index >= 15 is 0 Å². The molecule has 8 heteroatoms. The highest BCUT2D eigenvalue weighted by atomic mass is 32.2. The van der Waals surface area contributed by atoms with E-state index in [1.165, 1.54) is 18.4 Å². The molecule has 1 aromatic heterocycles. The van der Waals surface area contributed by atoms with Gasteiger partial charge in [0.2, 0.25) is 5.91 Å². The van der Waals surface area contributed by atoms with Gasteiger partial charge < -0.3 is 14.0 Å². The highest BCUT2D eigenvalue weighted by molar-refractivity contribution is 7.99. The molecule has 2 aromatic carbocycles. The van der Waals surface area contributed by atoms with Gasteiger partial charge in [-0.05, 0) is 61.4 Å². The van der Waals surface area contributed by atoms with Gasteiger partial charge >= 0.3 is 5.97 Å². The predicted molar refractivity (Wildman–Crippen MR) is 120 cm³/mol. The van der Waals surface area contributed by atoms with Gasteiger partial charge in [0.15, 0.2) is 4.80 Å². The first-order chi connectivity index (χ1) is 14.4. The molecule has 0 atom stereocenters. The van der Waals surface area contributed by atoms with Crippen LogP contribution >= 0.6 is 23.1 Å². The van der Waals surface area contributed by atoms with Gasteiger partial charge in [-0.3, -0.25) is 9.59 Å². The van der Waals surface area contributed by atoms with E-state index in [4.69, 9.17) is 9.47 Å². The maximum absolute atomic E-state index is 12.5. The zero-order valence-electron chi connectivity index (χ0n) is 17.4. The molecule has 1 amide bonds. The molecule has 0 radical (unpaired) electrons. The van der Waals surface area contributed by atoms with Crippen molar-refractivity contribution in [1.82, 2.24) is 4.57 Å². The fourth-order valence-electron chi connectivity index (χ4n) is 2.84. The Kier molecular flexibility index (Phi) is 7.33. The van der Waals surface area contributed by atoms with Crippen molar-refractivity contribution in [3.05, 3.63) is 52.3 Å². The lowest BCUT2D eigenvalue weighted by Crippen LogP contribution is -2.22. The van der Waals surface area contributed by atoms with Crippen LogP contribution in [0.25, 0.3) is 10.2 Å². The summed E-state index contributed by atoms with van der Waals surface area (Å²) in [5.41, 5.74) is 3.16. The molecule has 1 heterocycles. The number of thiazole rings is 1. The van der Waals surface area contributed by atoms with Crippen LogP contribution in [0.15, 0.2) is 46.3 Å². The van der Waals surface area contributed by atoms with Crippen LogP contribution in [0.5, 0.6) is 5.75 Å². The van der Waals surface area contributed by atoms with E-state index in [2.05, 4.69) is 11.1 Å². The summed E-state index contributed by atoms with van der Waals surface area (Å²) in [6.07, 6.45) is 0.307. The Morgan fingerprint density at radius 1 is 1.10 bits per heavy atom. The number of esters is 1. The molecule has 3 aromatic rings. The molecule has 0 aliphatic carbocycles. The molecule has 30 heavy (non-hydrogen) atoms. The van der Waals surface area contributed by atoms with Crippen molar-refractivity contribution < 1.29 is 19.1 Å². The van der Waals surface area contributed by atoms with Crippen molar-refractivity contribution in [3.63, 3.8) is 0 Å². The van der Waals surface area contributed by atoms with Crippen LogP contribution in [0.3, 0.4) is 0 Å². The third kappa shape index (κ3) is 5.31. The summed E-state index contributed by atoms with van der Waals surface area (Å²) in [4.78, 5) is 30.3. The van der Waals surface area contributed by atoms with Crippen LogP contribution in [0.2, 0.25) is 0 Å². The third-order valence-corrected chi connectivity index (χ3v) is 6.73. The van der Waals surface area contributed by atoms with Crippen LogP contribution in [-0.4, -0.2) is 36.4 Å². The Morgan fingerprint density at radius 2 is 1.80 bits per heavy atom. The predicted octanol–water partition coefficient (Wildman–Crippen LogP) is 4.11. The number of hydrogen-bond acceptors (Lipinski definition) is 6. The van der Waals surface area contributed by atoms with E-state index in [0.29, 0.717) is 17.0 Å². The number of ether oxygens (including phenoxy) is 2. The van der Waals surface area contributed by atoms with Gasteiger partial charge in [-0.15, -0.1) is 11.8 Å². The Balaban J connectivity index is 1.79. The summed E-state index contributed by atoms with van der Waals surface area (Å²) < 4.78 is 12.7. The molecule has 0 spiro atoms. The summed E-state index contributed by atoms with van der Waals surface area (Å²) in [5, 5.41) is 0. The number of fused-ring (bicyclic) bond motifs is 1. The number of carbonyl (C=O) groups is 2. The highest BCUT2D eigenvalue weighted by Gasteiger charge is 2.13. The summed E-state index contributed by atoms with van der Waals surface area (Å²) in [6, 6.07) is 11.8. The molecule has 0 aliphatic heterocycles. The third-order valence-electron chi connectivity index (χ3n) is 4.68. The van der Waals surface area contributed by atoms with Crippen molar-refractivity contribution in [2.75, 3.05) is 20.0 Å². The first-order valence-corrected chi connectivity index (χ1v) is 11.2. The number of aryl methyl sites for hydroxylation is 2. The second kappa shape index (κ2) is 9.95. The largest absolute Gasteiger partial charge is 0.497 e. The topological polar surface area (TPSA) is 69.9 Å². The van der Waals surface area contributed by atoms with Crippen LogP contribution in [0.4, 0.5) is 0 Å². The molecule has 0 aliphatic rings. The minimum atomic E-state index is -0.378. The number of methoxy groups -OCH3 is 2. The van der Waals surface area contributed by atoms with E-state index in [-0.39, 0.29) is 18.4 Å². The molecular weight excluding hydrogens is 420 g/mol. The molecule has 0 saturated heterocycles. The van der Waals surface area contributed by atoms with Gasteiger partial charge in [-0.1, -0.05) is 11.3 Å². The zero-order valence-corrected chi connectivity index (χ0v) is 19.1. The molecule has 3 rings (SSSR count). The standard InChI is InChI=1S/C22H24N2O4S2/c1-14-11-18-19(12-15(14)2)30-22(24(18)13-21(26)28-4)23-20(25)9-10-29-17-7-5-16(27-3)6-8-17/h5-8,11-12H,9-10,13H2,1-4H3. The Morgan fingerprint density at radius 3 is 2.47 bits per heavy atom. The Bertz CT molecular complexity index is 1130. The Labute approximate surface area is 183 Å². The van der Waals surface area contributed by atoms with Crippen LogP contribution in [-0.2, 0) is 20.9 Å². The summed E-state index contributed by atoms with van der Waals surface area (Å²) in [6.45, 7) is 4.08. The summed E-state index contributed by atoms with van der Waals surface area (Å²) in [7, 11) is 2.98. The molecular formula is C22H24N2O4S2. The molecule has 0 bridgehead atoms. The van der Waals surface area contributed by atoms with Crippen molar-refractivity contribution >= 4 is 45.2 Å². The summed E-state index contributed by atoms with van der Waals surface area (Å²) >= 11 is 3.00. The molecule has 0 saturated carbocycles. The van der Waals surface area contributed by atoms with Crippen molar-refractivity contribution in [1.29, 1.82) is 0 Å². The quantitative estimate of drug-likeness (QED) is 0.405. The molecule has 0 fully saturated rings. The van der Waals surface area contributed by atoms with Crippen LogP contribution in [0.1, 0.15) is 17.5 Å². The SMILES string of the molecule is COC(=O)Cn1c(=NC(=O)CCSc2ccc(OC)cc2)sc2cc(C)c(C)cc21. The number of nitrogens with zero attached hydrogens (tertiary/aromatic N) is 2. The Hall–Kier alpha value is -2.58. The second-order valence-corrected chi connectivity index (χ2v) is 8.91. The monoisotopic (exact) mass is 444 g/mol. The fraction of sp³-hybridized carbons (Fsp3) is 0.318. The molecule has 6 nitrogen and oxygen atoms in total. The lowest BCUT2D eigenvalue weighted by atomic mass is 10.1. The molecule has 0 unspecified atom stereocenters. The van der Waals surface area contributed by atoms with Gasteiger partial charge in [0.1, 0.15) is 12.3 Å². The average molecular weight is 445 g/mol. The molecule has 158 valence electrons. The van der Waals surface area contributed by atoms with Crippen molar-refractivity contribution in [2.45, 2.75) is 31.7 Å². The van der Waals surface area contributed by atoms with Gasteiger partial charge in [0, 0.05) is 17.1 Å². The van der Waals surface area contributed by atoms with Crippen molar-refractivity contribution in [2.24, 2.45) is 4.99 Å². The number of carbonyl (C=O) groups excluding carboxylic acids is 2. The maximum Gasteiger partial charge on any atom is 0.325 e. The normalized spacial score (nSPS) is 11.7. The number of amides is 1. The zero-order chi connectivity index (χ0) is 21.7. The number of benzene rings is 2. The van der Waals surface area contributed by atoms with E-state index < -0.39 is 0 Å².